The minimum absolute atomic E-state index is 0.00632. The van der Waals surface area contributed by atoms with Crippen molar-refractivity contribution >= 4 is 17.5 Å². The normalized spacial score (nSPS) is 10.3. The van der Waals surface area contributed by atoms with Crippen LogP contribution in [0.15, 0.2) is 42.0 Å². The van der Waals surface area contributed by atoms with E-state index in [1.165, 1.54) is 0 Å². The Kier molecular flexibility index (Phi) is 3.86. The summed E-state index contributed by atoms with van der Waals surface area (Å²) < 4.78 is 0. The average Bonchev–Trinajstić information content (AvgIpc) is 2.16. The van der Waals surface area contributed by atoms with Crippen LogP contribution in [0, 0.1) is 0 Å². The highest BCUT2D eigenvalue weighted by Crippen LogP contribution is 2.07. The zero-order valence-electron chi connectivity index (χ0n) is 9.03. The molecule has 0 heterocycles. The molecule has 1 rings (SSSR count). The van der Waals surface area contributed by atoms with Crippen molar-refractivity contribution < 1.29 is 4.79 Å². The molecule has 0 aromatic heterocycles. The summed E-state index contributed by atoms with van der Waals surface area (Å²) >= 11 is 0. The van der Waals surface area contributed by atoms with E-state index >= 15 is 0 Å². The molecule has 0 saturated heterocycles. The number of ketones is 1. The molecule has 2 nitrogen and oxygen atoms in total. The van der Waals surface area contributed by atoms with E-state index in [0.717, 1.165) is 16.8 Å². The standard InChI is InChI=1S/C13H15NO/c1-10(2)9-13(15)8-5-11-3-6-12(14)7-4-11/h3-9H,14H2,1-2H3. The van der Waals surface area contributed by atoms with E-state index in [1.807, 2.05) is 38.1 Å². The molecule has 0 aliphatic rings. The molecule has 0 aliphatic carbocycles. The average molecular weight is 201 g/mol. The first-order valence-electron chi connectivity index (χ1n) is 4.80. The van der Waals surface area contributed by atoms with Crippen molar-refractivity contribution in [2.45, 2.75) is 13.8 Å². The molecule has 0 aliphatic heterocycles. The van der Waals surface area contributed by atoms with Crippen LogP contribution in [0.3, 0.4) is 0 Å². The van der Waals surface area contributed by atoms with E-state index in [0.29, 0.717) is 0 Å². The molecule has 2 heteroatoms. The SMILES string of the molecule is CC(C)=CC(=O)C=Cc1ccc(N)cc1. The van der Waals surface area contributed by atoms with Crippen molar-refractivity contribution in [3.8, 4) is 0 Å². The number of anilines is 1. The molecule has 0 radical (unpaired) electrons. The van der Waals surface area contributed by atoms with Crippen LogP contribution in [0.2, 0.25) is 0 Å². The predicted molar refractivity (Wildman–Crippen MR) is 64.3 cm³/mol. The summed E-state index contributed by atoms with van der Waals surface area (Å²) in [7, 11) is 0. The van der Waals surface area contributed by atoms with Gasteiger partial charge >= 0.3 is 0 Å². The van der Waals surface area contributed by atoms with Gasteiger partial charge in [-0.2, -0.15) is 0 Å². The Bertz CT molecular complexity index is 395. The molecule has 1 aromatic rings. The lowest BCUT2D eigenvalue weighted by Gasteiger charge is -1.94. The van der Waals surface area contributed by atoms with Crippen LogP contribution in [-0.2, 0) is 4.79 Å². The summed E-state index contributed by atoms with van der Waals surface area (Å²) in [4.78, 5) is 11.3. The van der Waals surface area contributed by atoms with Crippen molar-refractivity contribution in [2.75, 3.05) is 5.73 Å². The van der Waals surface area contributed by atoms with Crippen LogP contribution in [0.5, 0.6) is 0 Å². The van der Waals surface area contributed by atoms with E-state index in [9.17, 15) is 4.79 Å². The summed E-state index contributed by atoms with van der Waals surface area (Å²) in [6.07, 6.45) is 4.94. The van der Waals surface area contributed by atoms with E-state index in [2.05, 4.69) is 0 Å². The maximum Gasteiger partial charge on any atom is 0.178 e. The molecule has 2 N–H and O–H groups in total. The summed E-state index contributed by atoms with van der Waals surface area (Å²) in [5.41, 5.74) is 8.25. The Labute approximate surface area is 90.1 Å². The third kappa shape index (κ3) is 4.27. The topological polar surface area (TPSA) is 43.1 Å². The van der Waals surface area contributed by atoms with Crippen LogP contribution in [0.25, 0.3) is 6.08 Å². The molecular formula is C13H15NO. The second kappa shape index (κ2) is 5.15. The first-order chi connectivity index (χ1) is 7.08. The van der Waals surface area contributed by atoms with Crippen molar-refractivity contribution in [1.82, 2.24) is 0 Å². The van der Waals surface area contributed by atoms with Crippen LogP contribution >= 0.6 is 0 Å². The maximum atomic E-state index is 11.3. The lowest BCUT2D eigenvalue weighted by atomic mass is 10.1. The molecule has 1 aromatic carbocycles. The van der Waals surface area contributed by atoms with Gasteiger partial charge in [0.05, 0.1) is 0 Å². The van der Waals surface area contributed by atoms with Crippen LogP contribution in [0.4, 0.5) is 5.69 Å². The number of nitrogens with two attached hydrogens (primary N) is 1. The summed E-state index contributed by atoms with van der Waals surface area (Å²) in [6.45, 7) is 3.80. The lowest BCUT2D eigenvalue weighted by Crippen LogP contribution is -1.87. The fraction of sp³-hybridized carbons (Fsp3) is 0.154. The maximum absolute atomic E-state index is 11.3. The van der Waals surface area contributed by atoms with Gasteiger partial charge in [-0.3, -0.25) is 4.79 Å². The number of hydrogen-bond acceptors (Lipinski definition) is 2. The fourth-order valence-electron chi connectivity index (χ4n) is 1.12. The summed E-state index contributed by atoms with van der Waals surface area (Å²) in [6, 6.07) is 7.37. The minimum Gasteiger partial charge on any atom is -0.399 e. The number of benzene rings is 1. The number of hydrogen-bond donors (Lipinski definition) is 1. The van der Waals surface area contributed by atoms with Gasteiger partial charge in [-0.05, 0) is 43.7 Å². The van der Waals surface area contributed by atoms with Crippen LogP contribution < -0.4 is 5.73 Å². The largest absolute Gasteiger partial charge is 0.399 e. The Hall–Kier alpha value is -1.83. The van der Waals surface area contributed by atoms with Gasteiger partial charge in [0.2, 0.25) is 0 Å². The predicted octanol–water partition coefficient (Wildman–Crippen LogP) is 2.82. The van der Waals surface area contributed by atoms with E-state index in [4.69, 9.17) is 5.73 Å². The molecule has 78 valence electrons. The molecule has 0 amide bonds. The zero-order chi connectivity index (χ0) is 11.3. The number of nitrogen functional groups attached to an aromatic ring is 1. The van der Waals surface area contributed by atoms with Crippen molar-refractivity contribution in [3.63, 3.8) is 0 Å². The Morgan fingerprint density at radius 2 is 1.80 bits per heavy atom. The zero-order valence-corrected chi connectivity index (χ0v) is 9.03. The minimum atomic E-state index is 0.00632. The van der Waals surface area contributed by atoms with Gasteiger partial charge in [0, 0.05) is 5.69 Å². The Balaban J connectivity index is 2.70. The molecule has 0 spiro atoms. The first-order valence-corrected chi connectivity index (χ1v) is 4.80. The molecule has 0 bridgehead atoms. The molecule has 0 saturated carbocycles. The van der Waals surface area contributed by atoms with Crippen molar-refractivity contribution in [2.24, 2.45) is 0 Å². The van der Waals surface area contributed by atoms with Gasteiger partial charge in [-0.25, -0.2) is 0 Å². The van der Waals surface area contributed by atoms with Gasteiger partial charge in [0.25, 0.3) is 0 Å². The monoisotopic (exact) mass is 201 g/mol. The highest BCUT2D eigenvalue weighted by atomic mass is 16.1. The number of allylic oxidation sites excluding steroid dienone is 3. The van der Waals surface area contributed by atoms with Crippen molar-refractivity contribution in [3.05, 3.63) is 47.6 Å². The molecule has 0 atom stereocenters. The summed E-state index contributed by atoms with van der Waals surface area (Å²) in [5, 5.41) is 0. The molecule has 0 fully saturated rings. The van der Waals surface area contributed by atoms with E-state index in [-0.39, 0.29) is 5.78 Å². The van der Waals surface area contributed by atoms with Gasteiger partial charge in [0.15, 0.2) is 5.78 Å². The van der Waals surface area contributed by atoms with Gasteiger partial charge in [0.1, 0.15) is 0 Å². The molecule has 0 unspecified atom stereocenters. The quantitative estimate of drug-likeness (QED) is 0.603. The van der Waals surface area contributed by atoms with Crippen LogP contribution in [0.1, 0.15) is 19.4 Å². The third-order valence-electron chi connectivity index (χ3n) is 1.81. The summed E-state index contributed by atoms with van der Waals surface area (Å²) in [5.74, 6) is 0.00632. The van der Waals surface area contributed by atoms with Crippen LogP contribution in [-0.4, -0.2) is 5.78 Å². The number of carbonyl (C=O) groups excluding carboxylic acids is 1. The number of carbonyl (C=O) groups is 1. The van der Waals surface area contributed by atoms with Gasteiger partial charge < -0.3 is 5.73 Å². The Morgan fingerprint density at radius 1 is 1.20 bits per heavy atom. The first kappa shape index (κ1) is 11.2. The Morgan fingerprint density at radius 3 is 2.33 bits per heavy atom. The second-order valence-corrected chi connectivity index (χ2v) is 3.62. The highest BCUT2D eigenvalue weighted by molar-refractivity contribution is 6.02. The van der Waals surface area contributed by atoms with E-state index < -0.39 is 0 Å². The third-order valence-corrected chi connectivity index (χ3v) is 1.81. The lowest BCUT2D eigenvalue weighted by molar-refractivity contribution is -0.110. The molecular weight excluding hydrogens is 186 g/mol. The van der Waals surface area contributed by atoms with E-state index in [1.54, 1.807) is 18.2 Å². The highest BCUT2D eigenvalue weighted by Gasteiger charge is 1.91. The van der Waals surface area contributed by atoms with Gasteiger partial charge in [-0.15, -0.1) is 0 Å². The molecule has 15 heavy (non-hydrogen) atoms. The second-order valence-electron chi connectivity index (χ2n) is 3.62. The van der Waals surface area contributed by atoms with Crippen molar-refractivity contribution in [1.29, 1.82) is 0 Å². The smallest absolute Gasteiger partial charge is 0.178 e. The number of rotatable bonds is 3. The fourth-order valence-corrected chi connectivity index (χ4v) is 1.12. The van der Waals surface area contributed by atoms with Gasteiger partial charge in [-0.1, -0.05) is 23.8 Å².